The Bertz CT molecular complexity index is 658. The molecule has 0 spiro atoms. The summed E-state index contributed by atoms with van der Waals surface area (Å²) in [5, 5.41) is 6.85. The standard InChI is InChI=1S/C19H25N3O2/c1-14(2)18-12-17(21-24-18)19(23)20-13-15-8-10-22(11-9-15)16-6-4-3-5-7-16/h3-7,12,14-15H,8-11,13H2,1-2H3,(H,20,23). The Balaban J connectivity index is 1.45. The fourth-order valence-corrected chi connectivity index (χ4v) is 3.03. The lowest BCUT2D eigenvalue weighted by molar-refractivity contribution is 0.0935. The van der Waals surface area contributed by atoms with Crippen molar-refractivity contribution in [3.63, 3.8) is 0 Å². The highest BCUT2D eigenvalue weighted by Gasteiger charge is 2.21. The van der Waals surface area contributed by atoms with E-state index < -0.39 is 0 Å². The number of benzene rings is 1. The summed E-state index contributed by atoms with van der Waals surface area (Å²) < 4.78 is 5.18. The molecule has 0 unspecified atom stereocenters. The number of carbonyl (C=O) groups is 1. The lowest BCUT2D eigenvalue weighted by atomic mass is 9.96. The number of para-hydroxylation sites is 1. The molecule has 1 amide bonds. The summed E-state index contributed by atoms with van der Waals surface area (Å²) in [5.41, 5.74) is 1.66. The molecule has 1 fully saturated rings. The van der Waals surface area contributed by atoms with Crippen molar-refractivity contribution >= 4 is 11.6 Å². The topological polar surface area (TPSA) is 58.4 Å². The Morgan fingerprint density at radius 1 is 1.29 bits per heavy atom. The number of carbonyl (C=O) groups excluding carboxylic acids is 1. The van der Waals surface area contributed by atoms with Gasteiger partial charge in [0, 0.05) is 37.3 Å². The Kier molecular flexibility index (Phi) is 5.18. The summed E-state index contributed by atoms with van der Waals surface area (Å²) in [6.07, 6.45) is 2.18. The Morgan fingerprint density at radius 2 is 2.00 bits per heavy atom. The van der Waals surface area contributed by atoms with Crippen LogP contribution in [0.15, 0.2) is 40.9 Å². The van der Waals surface area contributed by atoms with E-state index in [0.717, 1.165) is 31.7 Å². The summed E-state index contributed by atoms with van der Waals surface area (Å²) in [5.74, 6) is 1.36. The largest absolute Gasteiger partial charge is 0.372 e. The first-order valence-corrected chi connectivity index (χ1v) is 8.68. The number of nitrogens with zero attached hydrogens (tertiary/aromatic N) is 2. The molecule has 0 saturated carbocycles. The molecule has 0 aliphatic carbocycles. The third-order valence-electron chi connectivity index (χ3n) is 4.62. The van der Waals surface area contributed by atoms with Gasteiger partial charge >= 0.3 is 0 Å². The smallest absolute Gasteiger partial charge is 0.273 e. The van der Waals surface area contributed by atoms with Gasteiger partial charge in [0.1, 0.15) is 5.76 Å². The maximum atomic E-state index is 12.2. The minimum absolute atomic E-state index is 0.142. The molecule has 0 radical (unpaired) electrons. The summed E-state index contributed by atoms with van der Waals surface area (Å²) in [4.78, 5) is 14.6. The van der Waals surface area contributed by atoms with Crippen LogP contribution in [0.5, 0.6) is 0 Å². The first-order valence-electron chi connectivity index (χ1n) is 8.68. The molecule has 2 aromatic rings. The zero-order valence-electron chi connectivity index (χ0n) is 14.4. The van der Waals surface area contributed by atoms with Crippen molar-refractivity contribution in [3.8, 4) is 0 Å². The van der Waals surface area contributed by atoms with Gasteiger partial charge in [-0.2, -0.15) is 0 Å². The second kappa shape index (κ2) is 7.51. The summed E-state index contributed by atoms with van der Waals surface area (Å²) >= 11 is 0. The molecule has 0 atom stereocenters. The van der Waals surface area contributed by atoms with Gasteiger partial charge in [-0.05, 0) is 30.9 Å². The lowest BCUT2D eigenvalue weighted by Gasteiger charge is -2.33. The van der Waals surface area contributed by atoms with Gasteiger partial charge in [-0.1, -0.05) is 37.2 Å². The minimum atomic E-state index is -0.142. The molecule has 1 aliphatic heterocycles. The Morgan fingerprint density at radius 3 is 2.62 bits per heavy atom. The number of anilines is 1. The molecule has 0 bridgehead atoms. The van der Waals surface area contributed by atoms with Crippen LogP contribution in [-0.2, 0) is 0 Å². The number of hydrogen-bond donors (Lipinski definition) is 1. The highest BCUT2D eigenvalue weighted by Crippen LogP contribution is 2.22. The quantitative estimate of drug-likeness (QED) is 0.914. The third-order valence-corrected chi connectivity index (χ3v) is 4.62. The number of hydrogen-bond acceptors (Lipinski definition) is 4. The van der Waals surface area contributed by atoms with E-state index in [1.807, 2.05) is 19.9 Å². The molecule has 1 aromatic heterocycles. The van der Waals surface area contributed by atoms with E-state index in [-0.39, 0.29) is 11.8 Å². The van der Waals surface area contributed by atoms with Crippen molar-refractivity contribution in [2.24, 2.45) is 5.92 Å². The molecule has 1 aliphatic rings. The van der Waals surface area contributed by atoms with E-state index in [4.69, 9.17) is 4.52 Å². The minimum Gasteiger partial charge on any atom is -0.372 e. The van der Waals surface area contributed by atoms with Gasteiger partial charge in [0.15, 0.2) is 5.69 Å². The normalized spacial score (nSPS) is 15.7. The van der Waals surface area contributed by atoms with Gasteiger partial charge < -0.3 is 14.7 Å². The van der Waals surface area contributed by atoms with Crippen LogP contribution in [0.2, 0.25) is 0 Å². The second-order valence-corrected chi connectivity index (χ2v) is 6.75. The molecular formula is C19H25N3O2. The summed E-state index contributed by atoms with van der Waals surface area (Å²) in [6.45, 7) is 6.80. The lowest BCUT2D eigenvalue weighted by Crippen LogP contribution is -2.38. The van der Waals surface area contributed by atoms with Crippen LogP contribution >= 0.6 is 0 Å². The van der Waals surface area contributed by atoms with E-state index >= 15 is 0 Å². The predicted molar refractivity (Wildman–Crippen MR) is 94.3 cm³/mol. The summed E-state index contributed by atoms with van der Waals surface area (Å²) in [7, 11) is 0. The van der Waals surface area contributed by atoms with Gasteiger partial charge in [-0.3, -0.25) is 4.79 Å². The van der Waals surface area contributed by atoms with Crippen LogP contribution in [0.3, 0.4) is 0 Å². The maximum Gasteiger partial charge on any atom is 0.273 e. The maximum absolute atomic E-state index is 12.2. The monoisotopic (exact) mass is 327 g/mol. The fraction of sp³-hybridized carbons (Fsp3) is 0.474. The highest BCUT2D eigenvalue weighted by molar-refractivity contribution is 5.92. The van der Waals surface area contributed by atoms with Crippen molar-refractivity contribution < 1.29 is 9.32 Å². The number of nitrogens with one attached hydrogen (secondary N) is 1. The molecule has 5 nitrogen and oxygen atoms in total. The first-order chi connectivity index (χ1) is 11.6. The van der Waals surface area contributed by atoms with Crippen molar-refractivity contribution in [1.82, 2.24) is 10.5 Å². The van der Waals surface area contributed by atoms with Crippen molar-refractivity contribution in [3.05, 3.63) is 47.9 Å². The van der Waals surface area contributed by atoms with Crippen molar-refractivity contribution in [2.75, 3.05) is 24.5 Å². The van der Waals surface area contributed by atoms with Gasteiger partial charge in [-0.15, -0.1) is 0 Å². The molecule has 5 heteroatoms. The molecule has 2 heterocycles. The zero-order chi connectivity index (χ0) is 16.9. The first kappa shape index (κ1) is 16.6. The van der Waals surface area contributed by atoms with Crippen LogP contribution < -0.4 is 10.2 Å². The number of aromatic nitrogens is 1. The van der Waals surface area contributed by atoms with Gasteiger partial charge in [0.05, 0.1) is 0 Å². The van der Waals surface area contributed by atoms with Gasteiger partial charge in [0.25, 0.3) is 5.91 Å². The van der Waals surface area contributed by atoms with E-state index in [0.29, 0.717) is 18.2 Å². The highest BCUT2D eigenvalue weighted by atomic mass is 16.5. The SMILES string of the molecule is CC(C)c1cc(C(=O)NCC2CCN(c3ccccc3)CC2)no1. The van der Waals surface area contributed by atoms with Crippen LogP contribution in [0, 0.1) is 5.92 Å². The molecule has 1 N–H and O–H groups in total. The fourth-order valence-electron chi connectivity index (χ4n) is 3.03. The van der Waals surface area contributed by atoms with Crippen LogP contribution in [0.4, 0.5) is 5.69 Å². The molecule has 24 heavy (non-hydrogen) atoms. The van der Waals surface area contributed by atoms with E-state index in [1.54, 1.807) is 6.07 Å². The van der Waals surface area contributed by atoms with E-state index in [2.05, 4.69) is 39.6 Å². The average Bonchev–Trinajstić information content (AvgIpc) is 3.11. The summed E-state index contributed by atoms with van der Waals surface area (Å²) in [6, 6.07) is 12.2. The molecular weight excluding hydrogens is 302 g/mol. The number of rotatable bonds is 5. The average molecular weight is 327 g/mol. The van der Waals surface area contributed by atoms with Gasteiger partial charge in [0.2, 0.25) is 0 Å². The zero-order valence-corrected chi connectivity index (χ0v) is 14.4. The third kappa shape index (κ3) is 3.96. The van der Waals surface area contributed by atoms with Crippen molar-refractivity contribution in [1.29, 1.82) is 0 Å². The molecule has 1 aromatic carbocycles. The van der Waals surface area contributed by atoms with Crippen molar-refractivity contribution in [2.45, 2.75) is 32.6 Å². The van der Waals surface area contributed by atoms with E-state index in [1.165, 1.54) is 5.69 Å². The Labute approximate surface area is 143 Å². The predicted octanol–water partition coefficient (Wildman–Crippen LogP) is 3.44. The van der Waals surface area contributed by atoms with Crippen LogP contribution in [-0.4, -0.2) is 30.7 Å². The molecule has 3 rings (SSSR count). The van der Waals surface area contributed by atoms with E-state index in [9.17, 15) is 4.79 Å². The number of piperidine rings is 1. The van der Waals surface area contributed by atoms with Crippen LogP contribution in [0.1, 0.15) is 48.9 Å². The second-order valence-electron chi connectivity index (χ2n) is 6.75. The Hall–Kier alpha value is -2.30. The van der Waals surface area contributed by atoms with Crippen LogP contribution in [0.25, 0.3) is 0 Å². The number of amides is 1. The molecule has 128 valence electrons. The molecule has 1 saturated heterocycles. The van der Waals surface area contributed by atoms with Gasteiger partial charge in [-0.25, -0.2) is 0 Å².